The van der Waals surface area contributed by atoms with Gasteiger partial charge in [-0.2, -0.15) is 0 Å². The number of ether oxygens (including phenoxy) is 1. The van der Waals surface area contributed by atoms with Crippen LogP contribution in [0.2, 0.25) is 0 Å². The molecule has 0 aliphatic rings. The Morgan fingerprint density at radius 1 is 0.926 bits per heavy atom. The molecule has 0 aliphatic heterocycles. The fraction of sp³-hybridized carbons (Fsp3) is 0.150. The highest BCUT2D eigenvalue weighted by Gasteiger charge is 2.14. The van der Waals surface area contributed by atoms with E-state index in [2.05, 4.69) is 15.0 Å². The second-order valence-corrected chi connectivity index (χ2v) is 7.62. The van der Waals surface area contributed by atoms with Crippen molar-refractivity contribution in [2.45, 2.75) is 18.7 Å². The van der Waals surface area contributed by atoms with E-state index < -0.39 is 10.0 Å². The molecule has 27 heavy (non-hydrogen) atoms. The van der Waals surface area contributed by atoms with Crippen molar-refractivity contribution in [3.63, 3.8) is 0 Å². The lowest BCUT2D eigenvalue weighted by atomic mass is 10.2. The quantitative estimate of drug-likeness (QED) is 0.635. The van der Waals surface area contributed by atoms with Gasteiger partial charge in [-0.1, -0.05) is 17.7 Å². The van der Waals surface area contributed by atoms with Crippen LogP contribution in [-0.2, 0) is 10.0 Å². The maximum Gasteiger partial charge on any atom is 0.263 e. The molecule has 0 saturated carbocycles. The molecule has 3 rings (SSSR count). The number of aromatic nitrogens is 1. The molecule has 0 amide bonds. The predicted molar refractivity (Wildman–Crippen MR) is 107 cm³/mol. The van der Waals surface area contributed by atoms with Crippen LogP contribution >= 0.6 is 0 Å². The van der Waals surface area contributed by atoms with Gasteiger partial charge in [0.15, 0.2) is 0 Å². The van der Waals surface area contributed by atoms with Crippen LogP contribution in [-0.4, -0.2) is 20.0 Å². The molecule has 2 N–H and O–H groups in total. The van der Waals surface area contributed by atoms with Crippen molar-refractivity contribution in [1.82, 2.24) is 4.98 Å². The number of hydrogen-bond acceptors (Lipinski definition) is 5. The minimum Gasteiger partial charge on any atom is -0.494 e. The lowest BCUT2D eigenvalue weighted by molar-refractivity contribution is 0.340. The molecule has 0 saturated heterocycles. The van der Waals surface area contributed by atoms with E-state index in [0.717, 1.165) is 11.4 Å². The van der Waals surface area contributed by atoms with Crippen LogP contribution in [0.3, 0.4) is 0 Å². The summed E-state index contributed by atoms with van der Waals surface area (Å²) in [5.74, 6) is 0.874. The zero-order valence-corrected chi connectivity index (χ0v) is 16.0. The highest BCUT2D eigenvalue weighted by molar-refractivity contribution is 7.92. The maximum absolute atomic E-state index is 12.5. The SMILES string of the molecule is CCOc1ccc(S(=O)(=O)Nc2ccc(Nc3ccc(C)cc3)cn2)cc1. The molecule has 1 aromatic heterocycles. The van der Waals surface area contributed by atoms with Gasteiger partial charge >= 0.3 is 0 Å². The molecule has 3 aromatic rings. The molecule has 0 spiro atoms. The third-order valence-corrected chi connectivity index (χ3v) is 5.16. The Bertz CT molecular complexity index is 984. The van der Waals surface area contributed by atoms with E-state index in [1.54, 1.807) is 30.5 Å². The summed E-state index contributed by atoms with van der Waals surface area (Å²) >= 11 is 0. The third kappa shape index (κ3) is 4.98. The van der Waals surface area contributed by atoms with E-state index in [1.807, 2.05) is 38.1 Å². The number of hydrogen-bond donors (Lipinski definition) is 2. The highest BCUT2D eigenvalue weighted by atomic mass is 32.2. The van der Waals surface area contributed by atoms with Crippen molar-refractivity contribution in [3.8, 4) is 5.75 Å². The molecule has 6 nitrogen and oxygen atoms in total. The number of benzene rings is 2. The summed E-state index contributed by atoms with van der Waals surface area (Å²) in [6, 6.07) is 17.6. The lowest BCUT2D eigenvalue weighted by Gasteiger charge is -2.10. The normalized spacial score (nSPS) is 11.0. The van der Waals surface area contributed by atoms with Gasteiger partial charge in [-0.3, -0.25) is 4.72 Å². The van der Waals surface area contributed by atoms with Crippen molar-refractivity contribution in [2.75, 3.05) is 16.6 Å². The predicted octanol–water partition coefficient (Wildman–Crippen LogP) is 4.33. The Labute approximate surface area is 159 Å². The first kappa shape index (κ1) is 18.7. The second-order valence-electron chi connectivity index (χ2n) is 5.93. The number of nitrogens with one attached hydrogen (secondary N) is 2. The Morgan fingerprint density at radius 3 is 2.19 bits per heavy atom. The summed E-state index contributed by atoms with van der Waals surface area (Å²) in [6.07, 6.45) is 1.58. The average molecular weight is 383 g/mol. The summed E-state index contributed by atoms with van der Waals surface area (Å²) < 4.78 is 32.7. The Morgan fingerprint density at radius 2 is 1.59 bits per heavy atom. The van der Waals surface area contributed by atoms with E-state index in [4.69, 9.17) is 4.74 Å². The maximum atomic E-state index is 12.5. The van der Waals surface area contributed by atoms with Crippen LogP contribution in [0, 0.1) is 6.92 Å². The van der Waals surface area contributed by atoms with Gasteiger partial charge in [-0.15, -0.1) is 0 Å². The van der Waals surface area contributed by atoms with Crippen LogP contribution in [0.25, 0.3) is 0 Å². The molecule has 0 bridgehead atoms. The van der Waals surface area contributed by atoms with Crippen LogP contribution in [0.4, 0.5) is 17.2 Å². The molecule has 0 radical (unpaired) electrons. The van der Waals surface area contributed by atoms with Gasteiger partial charge in [0.05, 0.1) is 23.4 Å². The molecule has 7 heteroatoms. The van der Waals surface area contributed by atoms with Crippen molar-refractivity contribution in [3.05, 3.63) is 72.4 Å². The summed E-state index contributed by atoms with van der Waals surface area (Å²) in [4.78, 5) is 4.32. The van der Waals surface area contributed by atoms with Crippen LogP contribution in [0.15, 0.2) is 71.8 Å². The van der Waals surface area contributed by atoms with Crippen molar-refractivity contribution < 1.29 is 13.2 Å². The van der Waals surface area contributed by atoms with Gasteiger partial charge in [-0.25, -0.2) is 13.4 Å². The highest BCUT2D eigenvalue weighted by Crippen LogP contribution is 2.21. The number of aryl methyl sites for hydroxylation is 1. The zero-order chi connectivity index (χ0) is 19.3. The summed E-state index contributed by atoms with van der Waals surface area (Å²) in [5.41, 5.74) is 2.88. The topological polar surface area (TPSA) is 80.3 Å². The van der Waals surface area contributed by atoms with Crippen LogP contribution in [0.1, 0.15) is 12.5 Å². The average Bonchev–Trinajstić information content (AvgIpc) is 2.66. The Hall–Kier alpha value is -3.06. The van der Waals surface area contributed by atoms with E-state index in [1.165, 1.54) is 17.7 Å². The van der Waals surface area contributed by atoms with Gasteiger partial charge in [0.25, 0.3) is 10.0 Å². The van der Waals surface area contributed by atoms with E-state index >= 15 is 0 Å². The Balaban J connectivity index is 1.68. The zero-order valence-electron chi connectivity index (χ0n) is 15.1. The van der Waals surface area contributed by atoms with Gasteiger partial charge in [0, 0.05) is 5.69 Å². The minimum atomic E-state index is -3.71. The molecule has 0 aliphatic carbocycles. The van der Waals surface area contributed by atoms with Gasteiger partial charge in [0.2, 0.25) is 0 Å². The Kier molecular flexibility index (Phi) is 5.61. The molecular weight excluding hydrogens is 362 g/mol. The van der Waals surface area contributed by atoms with Gasteiger partial charge in [0.1, 0.15) is 11.6 Å². The molecule has 140 valence electrons. The number of pyridine rings is 1. The first-order chi connectivity index (χ1) is 13.0. The third-order valence-electron chi connectivity index (χ3n) is 3.79. The molecule has 0 fully saturated rings. The van der Waals surface area contributed by atoms with Crippen molar-refractivity contribution >= 4 is 27.2 Å². The monoisotopic (exact) mass is 383 g/mol. The molecule has 0 atom stereocenters. The van der Waals surface area contributed by atoms with E-state index in [-0.39, 0.29) is 10.7 Å². The molecular formula is C20H21N3O3S. The van der Waals surface area contributed by atoms with Crippen LogP contribution < -0.4 is 14.8 Å². The van der Waals surface area contributed by atoms with Gasteiger partial charge < -0.3 is 10.1 Å². The lowest BCUT2D eigenvalue weighted by Crippen LogP contribution is -2.13. The van der Waals surface area contributed by atoms with Gasteiger partial charge in [-0.05, 0) is 62.4 Å². The number of rotatable bonds is 7. The summed E-state index contributed by atoms with van der Waals surface area (Å²) in [5, 5.41) is 3.22. The molecule has 1 heterocycles. The number of nitrogens with zero attached hydrogens (tertiary/aromatic N) is 1. The fourth-order valence-electron chi connectivity index (χ4n) is 2.41. The van der Waals surface area contributed by atoms with E-state index in [0.29, 0.717) is 12.4 Å². The summed E-state index contributed by atoms with van der Waals surface area (Å²) in [6.45, 7) is 4.42. The molecule has 2 aromatic carbocycles. The first-order valence-corrected chi connectivity index (χ1v) is 10.00. The standard InChI is InChI=1S/C20H21N3O3S/c1-3-26-18-9-11-19(12-10-18)27(24,25)23-20-13-8-17(14-21-20)22-16-6-4-15(2)5-7-16/h4-14,22H,3H2,1-2H3,(H,21,23). The van der Waals surface area contributed by atoms with Crippen LogP contribution in [0.5, 0.6) is 5.75 Å². The fourth-order valence-corrected chi connectivity index (χ4v) is 3.42. The van der Waals surface area contributed by atoms with Crippen molar-refractivity contribution in [2.24, 2.45) is 0 Å². The number of anilines is 3. The largest absolute Gasteiger partial charge is 0.494 e. The first-order valence-electron chi connectivity index (χ1n) is 8.52. The smallest absolute Gasteiger partial charge is 0.263 e. The summed E-state index contributed by atoms with van der Waals surface area (Å²) in [7, 11) is -3.71. The number of sulfonamides is 1. The second kappa shape index (κ2) is 8.09. The van der Waals surface area contributed by atoms with Crippen molar-refractivity contribution in [1.29, 1.82) is 0 Å². The van der Waals surface area contributed by atoms with E-state index in [9.17, 15) is 8.42 Å². The molecule has 0 unspecified atom stereocenters. The minimum absolute atomic E-state index is 0.148.